The Morgan fingerprint density at radius 2 is 1.50 bits per heavy atom. The fraction of sp³-hybridized carbons (Fsp3) is 1.00. The van der Waals surface area contributed by atoms with E-state index >= 15 is 0 Å². The molecule has 0 atom stereocenters. The predicted octanol–water partition coefficient (Wildman–Crippen LogP) is 1.87. The van der Waals surface area contributed by atoms with E-state index in [4.69, 9.17) is 0 Å². The maximum atomic E-state index is 1.63. The van der Waals surface area contributed by atoms with Gasteiger partial charge in [-0.1, -0.05) is 0 Å². The zero-order valence-corrected chi connectivity index (χ0v) is 6.27. The van der Waals surface area contributed by atoms with E-state index in [2.05, 4.69) is 0 Å². The SMILES string of the molecule is C1CC[IH]CC1. The molecular formula is C5H11I. The Bertz CT molecular complexity index is 19.4. The maximum absolute atomic E-state index is 1.63. The van der Waals surface area contributed by atoms with Crippen molar-refractivity contribution in [2.24, 2.45) is 0 Å². The molecule has 0 unspecified atom stereocenters. The van der Waals surface area contributed by atoms with Crippen molar-refractivity contribution in [1.29, 1.82) is 0 Å². The van der Waals surface area contributed by atoms with Gasteiger partial charge in [0.25, 0.3) is 0 Å². The summed E-state index contributed by atoms with van der Waals surface area (Å²) in [4.78, 5) is 0. The molecule has 0 aromatic carbocycles. The van der Waals surface area contributed by atoms with Crippen molar-refractivity contribution in [2.75, 3.05) is 8.86 Å². The van der Waals surface area contributed by atoms with E-state index in [1.807, 2.05) is 0 Å². The molecule has 0 bridgehead atoms. The van der Waals surface area contributed by atoms with Gasteiger partial charge in [-0.2, -0.15) is 0 Å². The Balaban J connectivity index is 2.00. The number of rotatable bonds is 0. The van der Waals surface area contributed by atoms with Crippen LogP contribution in [0, 0.1) is 0 Å². The molecular weight excluding hydrogens is 187 g/mol. The first-order valence-corrected chi connectivity index (χ1v) is 5.87. The molecule has 1 aliphatic heterocycles. The Kier molecular flexibility index (Phi) is 2.30. The topological polar surface area (TPSA) is 0 Å². The number of hydrogen-bond acceptors (Lipinski definition) is 0. The van der Waals surface area contributed by atoms with Gasteiger partial charge in [-0.25, -0.2) is 0 Å². The van der Waals surface area contributed by atoms with E-state index in [1.54, 1.807) is 21.7 Å². The van der Waals surface area contributed by atoms with Crippen LogP contribution in [0.25, 0.3) is 0 Å². The molecule has 0 saturated carbocycles. The molecule has 1 aliphatic rings. The van der Waals surface area contributed by atoms with Crippen LogP contribution >= 0.6 is 21.2 Å². The molecule has 0 aromatic heterocycles. The van der Waals surface area contributed by atoms with E-state index in [0.717, 1.165) is 0 Å². The van der Waals surface area contributed by atoms with Gasteiger partial charge in [0.1, 0.15) is 0 Å². The monoisotopic (exact) mass is 198 g/mol. The molecule has 1 heterocycles. The Morgan fingerprint density at radius 3 is 1.67 bits per heavy atom. The molecule has 1 saturated heterocycles. The van der Waals surface area contributed by atoms with Crippen LogP contribution in [0.4, 0.5) is 0 Å². The van der Waals surface area contributed by atoms with Crippen LogP contribution < -0.4 is 0 Å². The summed E-state index contributed by atoms with van der Waals surface area (Å²) in [7, 11) is 0. The molecule has 38 valence electrons. The zero-order chi connectivity index (χ0) is 4.24. The van der Waals surface area contributed by atoms with Crippen LogP contribution in [-0.2, 0) is 0 Å². The first kappa shape index (κ1) is 4.88. The van der Waals surface area contributed by atoms with Gasteiger partial charge < -0.3 is 0 Å². The van der Waals surface area contributed by atoms with E-state index < -0.39 is 0 Å². The second-order valence-electron chi connectivity index (χ2n) is 1.67. The van der Waals surface area contributed by atoms with Crippen molar-refractivity contribution < 1.29 is 0 Å². The summed E-state index contributed by atoms with van der Waals surface area (Å²) in [6.07, 6.45) is 4.65. The van der Waals surface area contributed by atoms with Gasteiger partial charge in [-0.05, 0) is 0 Å². The Morgan fingerprint density at radius 1 is 0.833 bits per heavy atom. The number of alkyl halides is 2. The Hall–Kier alpha value is 0.730. The summed E-state index contributed by atoms with van der Waals surface area (Å²) in [5.74, 6) is 0. The summed E-state index contributed by atoms with van der Waals surface area (Å²) >= 11 is 0.572. The summed E-state index contributed by atoms with van der Waals surface area (Å²) < 4.78 is 3.26. The molecule has 0 radical (unpaired) electrons. The van der Waals surface area contributed by atoms with Gasteiger partial charge in [-0.15, -0.1) is 0 Å². The second-order valence-corrected chi connectivity index (χ2v) is 5.17. The third kappa shape index (κ3) is 1.45. The second kappa shape index (κ2) is 2.83. The molecule has 0 spiro atoms. The molecule has 0 amide bonds. The molecule has 0 N–H and O–H groups in total. The third-order valence-corrected chi connectivity index (χ3v) is 4.37. The first-order valence-electron chi connectivity index (χ1n) is 2.58. The summed E-state index contributed by atoms with van der Waals surface area (Å²) in [6.45, 7) is 0. The van der Waals surface area contributed by atoms with E-state index in [-0.39, 0.29) is 0 Å². The summed E-state index contributed by atoms with van der Waals surface area (Å²) in [6, 6.07) is 0. The van der Waals surface area contributed by atoms with E-state index in [1.165, 1.54) is 6.42 Å². The number of halogens is 1. The van der Waals surface area contributed by atoms with E-state index in [0.29, 0.717) is 21.2 Å². The molecule has 1 heteroatoms. The van der Waals surface area contributed by atoms with E-state index in [9.17, 15) is 0 Å². The van der Waals surface area contributed by atoms with Crippen LogP contribution in [-0.4, -0.2) is 8.86 Å². The zero-order valence-electron chi connectivity index (χ0n) is 3.94. The Labute approximate surface area is 49.6 Å². The standard InChI is InChI=1S/C5H11I/c1-2-4-6-5-3-1/h6H,1-5H2. The van der Waals surface area contributed by atoms with Crippen molar-refractivity contribution in [3.05, 3.63) is 0 Å². The minimum atomic E-state index is 0.572. The van der Waals surface area contributed by atoms with Crippen molar-refractivity contribution in [3.8, 4) is 0 Å². The molecule has 0 aromatic rings. The molecule has 0 aliphatic carbocycles. The van der Waals surface area contributed by atoms with Gasteiger partial charge in [-0.3, -0.25) is 0 Å². The van der Waals surface area contributed by atoms with Crippen LogP contribution in [0.15, 0.2) is 0 Å². The van der Waals surface area contributed by atoms with Crippen LogP contribution in [0.3, 0.4) is 0 Å². The van der Waals surface area contributed by atoms with Crippen molar-refractivity contribution in [2.45, 2.75) is 19.3 Å². The normalized spacial score (nSPS) is 25.3. The molecule has 1 rings (SSSR count). The van der Waals surface area contributed by atoms with Crippen LogP contribution in [0.1, 0.15) is 19.3 Å². The van der Waals surface area contributed by atoms with Crippen molar-refractivity contribution in [1.82, 2.24) is 0 Å². The van der Waals surface area contributed by atoms with Gasteiger partial charge in [0.15, 0.2) is 0 Å². The number of hydrogen-bond donors (Lipinski definition) is 0. The fourth-order valence-corrected chi connectivity index (χ4v) is 3.60. The van der Waals surface area contributed by atoms with Gasteiger partial charge >= 0.3 is 49.3 Å². The quantitative estimate of drug-likeness (QED) is 0.411. The molecule has 6 heavy (non-hydrogen) atoms. The summed E-state index contributed by atoms with van der Waals surface area (Å²) in [5, 5.41) is 0. The summed E-state index contributed by atoms with van der Waals surface area (Å²) in [5.41, 5.74) is 0. The van der Waals surface area contributed by atoms with Gasteiger partial charge in [0.05, 0.1) is 0 Å². The predicted molar refractivity (Wildman–Crippen MR) is 39.0 cm³/mol. The van der Waals surface area contributed by atoms with Gasteiger partial charge in [0, 0.05) is 0 Å². The van der Waals surface area contributed by atoms with Gasteiger partial charge in [0.2, 0.25) is 0 Å². The minimum absolute atomic E-state index is 0.572. The van der Waals surface area contributed by atoms with Crippen molar-refractivity contribution in [3.63, 3.8) is 0 Å². The fourth-order valence-electron chi connectivity index (χ4n) is 0.687. The van der Waals surface area contributed by atoms with Crippen LogP contribution in [0.5, 0.6) is 0 Å². The molecule has 1 fully saturated rings. The van der Waals surface area contributed by atoms with Crippen LogP contribution in [0.2, 0.25) is 0 Å². The molecule has 0 nitrogen and oxygen atoms in total. The first-order chi connectivity index (χ1) is 3.00. The average Bonchev–Trinajstić information content (AvgIpc) is 1.72. The third-order valence-electron chi connectivity index (χ3n) is 1.08. The van der Waals surface area contributed by atoms with Crippen molar-refractivity contribution >= 4 is 21.2 Å². The average molecular weight is 198 g/mol.